The van der Waals surface area contributed by atoms with Crippen LogP contribution in [0.4, 0.5) is 11.4 Å². The van der Waals surface area contributed by atoms with Crippen LogP contribution in [0.1, 0.15) is 24.2 Å². The fraction of sp³-hybridized carbons (Fsp3) is 0.227. The average Bonchev–Trinajstić information content (AvgIpc) is 3.13. The summed E-state index contributed by atoms with van der Waals surface area (Å²) in [6.07, 6.45) is 1.83. The van der Waals surface area contributed by atoms with Gasteiger partial charge in [-0.3, -0.25) is 14.4 Å². The van der Waals surface area contributed by atoms with Gasteiger partial charge in [0.15, 0.2) is 0 Å². The van der Waals surface area contributed by atoms with Crippen molar-refractivity contribution in [3.8, 4) is 0 Å². The zero-order chi connectivity index (χ0) is 20.5. The topological polar surface area (TPSA) is 94.3 Å². The van der Waals surface area contributed by atoms with Crippen LogP contribution in [0.5, 0.6) is 0 Å². The van der Waals surface area contributed by atoms with Gasteiger partial charge in [-0.05, 0) is 41.6 Å². The Morgan fingerprint density at radius 3 is 2.72 bits per heavy atom. The van der Waals surface area contributed by atoms with Crippen LogP contribution in [0.15, 0.2) is 54.7 Å². The lowest BCUT2D eigenvalue weighted by molar-refractivity contribution is -0.123. The molecule has 7 heteroatoms. The van der Waals surface area contributed by atoms with Crippen LogP contribution in [0.2, 0.25) is 0 Å². The SMILES string of the molecule is CC(C)C1NC(=O)c2ccccc2N(CC(=O)Nc2ccc3cc[nH]c3c2)C1=O. The summed E-state index contributed by atoms with van der Waals surface area (Å²) in [5.74, 6) is -1.06. The summed E-state index contributed by atoms with van der Waals surface area (Å²) in [4.78, 5) is 43.0. The summed E-state index contributed by atoms with van der Waals surface area (Å²) >= 11 is 0. The Kier molecular flexibility index (Phi) is 4.80. The van der Waals surface area contributed by atoms with Crippen LogP contribution in [-0.2, 0) is 9.59 Å². The molecule has 0 saturated carbocycles. The molecule has 3 N–H and O–H groups in total. The van der Waals surface area contributed by atoms with Crippen LogP contribution in [0, 0.1) is 5.92 Å². The first kappa shape index (κ1) is 18.7. The van der Waals surface area contributed by atoms with Gasteiger partial charge in [0.25, 0.3) is 5.91 Å². The Morgan fingerprint density at radius 2 is 1.93 bits per heavy atom. The molecule has 2 heterocycles. The molecule has 0 spiro atoms. The minimum Gasteiger partial charge on any atom is -0.361 e. The molecule has 0 bridgehead atoms. The molecule has 0 radical (unpaired) electrons. The van der Waals surface area contributed by atoms with E-state index in [1.165, 1.54) is 4.90 Å². The molecule has 3 aromatic rings. The van der Waals surface area contributed by atoms with E-state index in [9.17, 15) is 14.4 Å². The van der Waals surface area contributed by atoms with E-state index in [2.05, 4.69) is 15.6 Å². The lowest BCUT2D eigenvalue weighted by Gasteiger charge is -2.26. The first-order chi connectivity index (χ1) is 13.9. The van der Waals surface area contributed by atoms with Gasteiger partial charge in [0.1, 0.15) is 12.6 Å². The summed E-state index contributed by atoms with van der Waals surface area (Å²) in [5.41, 5.74) is 2.36. The highest BCUT2D eigenvalue weighted by Crippen LogP contribution is 2.26. The first-order valence-electron chi connectivity index (χ1n) is 9.52. The van der Waals surface area contributed by atoms with Crippen LogP contribution in [-0.4, -0.2) is 35.3 Å². The number of H-pyrrole nitrogens is 1. The molecule has 0 fully saturated rings. The molecule has 1 aliphatic heterocycles. The number of nitrogens with zero attached hydrogens (tertiary/aromatic N) is 1. The predicted molar refractivity (Wildman–Crippen MR) is 112 cm³/mol. The van der Waals surface area contributed by atoms with E-state index < -0.39 is 6.04 Å². The number of fused-ring (bicyclic) bond motifs is 2. The number of carbonyl (C=O) groups excluding carboxylic acids is 3. The molecule has 3 amide bonds. The van der Waals surface area contributed by atoms with Gasteiger partial charge in [0.05, 0.1) is 11.3 Å². The minimum atomic E-state index is -0.696. The lowest BCUT2D eigenvalue weighted by atomic mass is 10.0. The van der Waals surface area contributed by atoms with Crippen LogP contribution in [0.25, 0.3) is 10.9 Å². The Labute approximate surface area is 168 Å². The summed E-state index contributed by atoms with van der Waals surface area (Å²) in [7, 11) is 0. The van der Waals surface area contributed by atoms with Crippen molar-refractivity contribution in [3.05, 3.63) is 60.3 Å². The summed E-state index contributed by atoms with van der Waals surface area (Å²) in [6.45, 7) is 3.54. The molecule has 1 aromatic heterocycles. The summed E-state index contributed by atoms with van der Waals surface area (Å²) in [6, 6.07) is 13.6. The third kappa shape index (κ3) is 3.59. The molecule has 4 rings (SSSR count). The van der Waals surface area contributed by atoms with Gasteiger partial charge in [0, 0.05) is 17.4 Å². The molecule has 148 valence electrons. The van der Waals surface area contributed by atoms with Crippen LogP contribution < -0.4 is 15.5 Å². The molecule has 0 aliphatic carbocycles. The Morgan fingerprint density at radius 1 is 1.14 bits per heavy atom. The first-order valence-corrected chi connectivity index (χ1v) is 9.52. The van der Waals surface area contributed by atoms with Crippen molar-refractivity contribution < 1.29 is 14.4 Å². The van der Waals surface area contributed by atoms with E-state index in [4.69, 9.17) is 0 Å². The lowest BCUT2D eigenvalue weighted by Crippen LogP contribution is -2.50. The normalized spacial score (nSPS) is 16.5. The quantitative estimate of drug-likeness (QED) is 0.639. The number of aromatic amines is 1. The number of carbonyl (C=O) groups is 3. The number of rotatable bonds is 4. The fourth-order valence-corrected chi connectivity index (χ4v) is 3.55. The van der Waals surface area contributed by atoms with E-state index in [0.717, 1.165) is 10.9 Å². The third-order valence-electron chi connectivity index (χ3n) is 5.07. The summed E-state index contributed by atoms with van der Waals surface area (Å²) in [5, 5.41) is 6.67. The Bertz CT molecular complexity index is 1100. The average molecular weight is 390 g/mol. The predicted octanol–water partition coefficient (Wildman–Crippen LogP) is 2.91. The maximum absolute atomic E-state index is 13.1. The van der Waals surface area contributed by atoms with Crippen LogP contribution in [0.3, 0.4) is 0 Å². The molecular formula is C22H22N4O3. The van der Waals surface area contributed by atoms with Gasteiger partial charge in [-0.25, -0.2) is 0 Å². The Balaban J connectivity index is 1.61. The molecule has 7 nitrogen and oxygen atoms in total. The number of nitrogens with one attached hydrogen (secondary N) is 3. The zero-order valence-corrected chi connectivity index (χ0v) is 16.2. The standard InChI is InChI=1S/C22H22N4O3/c1-13(2)20-22(29)26(18-6-4-3-5-16(18)21(28)25-20)12-19(27)24-15-8-7-14-9-10-23-17(14)11-15/h3-11,13,20,23H,12H2,1-2H3,(H,24,27)(H,25,28). The van der Waals surface area contributed by atoms with Gasteiger partial charge >= 0.3 is 0 Å². The van der Waals surface area contributed by atoms with Crippen molar-refractivity contribution in [1.29, 1.82) is 0 Å². The molecule has 2 aromatic carbocycles. The Hall–Kier alpha value is -3.61. The number of anilines is 2. The highest BCUT2D eigenvalue weighted by atomic mass is 16.2. The summed E-state index contributed by atoms with van der Waals surface area (Å²) < 4.78 is 0. The number of para-hydroxylation sites is 1. The van der Waals surface area contributed by atoms with Crippen LogP contribution >= 0.6 is 0 Å². The van der Waals surface area contributed by atoms with Crippen molar-refractivity contribution in [2.24, 2.45) is 5.92 Å². The molecule has 1 unspecified atom stereocenters. The van der Waals surface area contributed by atoms with Gasteiger partial charge in [-0.2, -0.15) is 0 Å². The minimum absolute atomic E-state index is 0.110. The van der Waals surface area contributed by atoms with E-state index in [-0.39, 0.29) is 30.2 Å². The second-order valence-electron chi connectivity index (χ2n) is 7.46. The molecule has 1 aliphatic rings. The smallest absolute Gasteiger partial charge is 0.254 e. The number of hydrogen-bond acceptors (Lipinski definition) is 3. The molecule has 1 atom stereocenters. The van der Waals surface area contributed by atoms with Gasteiger partial charge < -0.3 is 20.5 Å². The highest BCUT2D eigenvalue weighted by molar-refractivity contribution is 6.13. The third-order valence-corrected chi connectivity index (χ3v) is 5.07. The van der Waals surface area contributed by atoms with Gasteiger partial charge in [-0.15, -0.1) is 0 Å². The molecule has 29 heavy (non-hydrogen) atoms. The van der Waals surface area contributed by atoms with E-state index in [0.29, 0.717) is 16.9 Å². The number of hydrogen-bond donors (Lipinski definition) is 3. The number of aromatic nitrogens is 1. The second-order valence-corrected chi connectivity index (χ2v) is 7.46. The van der Waals surface area contributed by atoms with E-state index in [1.54, 1.807) is 24.3 Å². The largest absolute Gasteiger partial charge is 0.361 e. The zero-order valence-electron chi connectivity index (χ0n) is 16.2. The monoisotopic (exact) mass is 390 g/mol. The molecule has 0 saturated heterocycles. The number of benzene rings is 2. The van der Waals surface area contributed by atoms with Crippen molar-refractivity contribution in [1.82, 2.24) is 10.3 Å². The van der Waals surface area contributed by atoms with E-state index >= 15 is 0 Å². The maximum Gasteiger partial charge on any atom is 0.254 e. The molecular weight excluding hydrogens is 368 g/mol. The van der Waals surface area contributed by atoms with Gasteiger partial charge in [0.2, 0.25) is 11.8 Å². The van der Waals surface area contributed by atoms with Crippen molar-refractivity contribution in [3.63, 3.8) is 0 Å². The van der Waals surface area contributed by atoms with Crippen molar-refractivity contribution in [2.75, 3.05) is 16.8 Å². The van der Waals surface area contributed by atoms with Gasteiger partial charge in [-0.1, -0.05) is 32.0 Å². The van der Waals surface area contributed by atoms with Crippen molar-refractivity contribution >= 4 is 40.0 Å². The van der Waals surface area contributed by atoms with E-state index in [1.807, 2.05) is 44.3 Å². The maximum atomic E-state index is 13.1. The fourth-order valence-electron chi connectivity index (χ4n) is 3.55. The van der Waals surface area contributed by atoms with Crippen molar-refractivity contribution in [2.45, 2.75) is 19.9 Å². The second kappa shape index (κ2) is 7.43. The highest BCUT2D eigenvalue weighted by Gasteiger charge is 2.36. The number of amides is 3.